The number of imidazole rings is 1. The van der Waals surface area contributed by atoms with E-state index in [0.29, 0.717) is 6.61 Å². The summed E-state index contributed by atoms with van der Waals surface area (Å²) < 4.78 is 12.7. The Labute approximate surface area is 123 Å². The lowest BCUT2D eigenvalue weighted by atomic mass is 10.2. The lowest BCUT2D eigenvalue weighted by Gasteiger charge is -2.08. The Bertz CT molecular complexity index is 735. The minimum absolute atomic E-state index is 0.650. The Morgan fingerprint density at radius 2 is 1.86 bits per heavy atom. The molecule has 1 aromatic heterocycles. The summed E-state index contributed by atoms with van der Waals surface area (Å²) in [5.41, 5.74) is 3.12. The molecule has 0 unspecified atom stereocenters. The van der Waals surface area contributed by atoms with Crippen molar-refractivity contribution in [1.29, 1.82) is 0 Å². The Kier molecular flexibility index (Phi) is 3.88. The maximum Gasteiger partial charge on any atom is 0.141 e. The number of fused-ring (bicyclic) bond motifs is 1. The van der Waals surface area contributed by atoms with E-state index in [1.807, 2.05) is 36.4 Å². The Balaban J connectivity index is 2.17. The summed E-state index contributed by atoms with van der Waals surface area (Å²) >= 11 is 0. The molecule has 0 amide bonds. The predicted octanol–water partition coefficient (Wildman–Crippen LogP) is 3.36. The van der Waals surface area contributed by atoms with Crippen molar-refractivity contribution in [2.24, 2.45) is 0 Å². The molecule has 0 radical (unpaired) electrons. The number of aromatic nitrogens is 2. The van der Waals surface area contributed by atoms with Crippen LogP contribution in [0.4, 0.5) is 0 Å². The third kappa shape index (κ3) is 2.62. The van der Waals surface area contributed by atoms with Gasteiger partial charge >= 0.3 is 0 Å². The molecule has 3 rings (SSSR count). The number of ether oxygens (including phenoxy) is 2. The molecule has 0 spiro atoms. The monoisotopic (exact) mass is 282 g/mol. The van der Waals surface area contributed by atoms with Crippen molar-refractivity contribution < 1.29 is 9.47 Å². The molecule has 0 N–H and O–H groups in total. The molecule has 108 valence electrons. The van der Waals surface area contributed by atoms with Crippen LogP contribution in [0.1, 0.15) is 0 Å². The quantitative estimate of drug-likeness (QED) is 0.720. The molecule has 0 aliphatic carbocycles. The van der Waals surface area contributed by atoms with E-state index in [-0.39, 0.29) is 0 Å². The first-order valence-electron chi connectivity index (χ1n) is 6.92. The zero-order valence-electron chi connectivity index (χ0n) is 12.2. The van der Waals surface area contributed by atoms with Gasteiger partial charge in [-0.1, -0.05) is 30.3 Å². The van der Waals surface area contributed by atoms with E-state index in [1.54, 1.807) is 14.2 Å². The first-order chi connectivity index (χ1) is 10.3. The zero-order chi connectivity index (χ0) is 14.7. The molecule has 0 saturated carbocycles. The number of hydrogen-bond donors (Lipinski definition) is 0. The summed E-state index contributed by atoms with van der Waals surface area (Å²) in [6.07, 6.45) is 0. The highest BCUT2D eigenvalue weighted by atomic mass is 16.5. The van der Waals surface area contributed by atoms with Crippen molar-refractivity contribution in [3.05, 3.63) is 48.5 Å². The summed E-state index contributed by atoms with van der Waals surface area (Å²) in [4.78, 5) is 4.77. The largest absolute Gasteiger partial charge is 0.497 e. The molecular formula is C17H18N2O2. The van der Waals surface area contributed by atoms with Crippen LogP contribution in [0, 0.1) is 0 Å². The van der Waals surface area contributed by atoms with Gasteiger partial charge in [0.2, 0.25) is 0 Å². The lowest BCUT2D eigenvalue weighted by molar-refractivity contribution is 0.188. The number of hydrogen-bond acceptors (Lipinski definition) is 3. The highest BCUT2D eigenvalue weighted by Crippen LogP contribution is 2.27. The lowest BCUT2D eigenvalue weighted by Crippen LogP contribution is -2.05. The topological polar surface area (TPSA) is 36.3 Å². The molecule has 4 nitrogen and oxygen atoms in total. The summed E-state index contributed by atoms with van der Waals surface area (Å²) in [7, 11) is 3.38. The van der Waals surface area contributed by atoms with Gasteiger partial charge in [-0.25, -0.2) is 4.98 Å². The summed E-state index contributed by atoms with van der Waals surface area (Å²) in [6.45, 7) is 1.42. The van der Waals surface area contributed by atoms with E-state index in [2.05, 4.69) is 16.7 Å². The van der Waals surface area contributed by atoms with E-state index in [0.717, 1.165) is 34.7 Å². The van der Waals surface area contributed by atoms with E-state index in [1.165, 1.54) is 0 Å². The van der Waals surface area contributed by atoms with E-state index in [4.69, 9.17) is 14.5 Å². The average molecular weight is 282 g/mol. The number of benzene rings is 2. The van der Waals surface area contributed by atoms with Gasteiger partial charge in [0.1, 0.15) is 11.6 Å². The maximum absolute atomic E-state index is 5.28. The fraction of sp³-hybridized carbons (Fsp3) is 0.235. The summed E-state index contributed by atoms with van der Waals surface area (Å²) in [5, 5.41) is 0. The normalized spacial score (nSPS) is 11.0. The van der Waals surface area contributed by atoms with Crippen molar-refractivity contribution in [1.82, 2.24) is 9.55 Å². The Hall–Kier alpha value is -2.33. The van der Waals surface area contributed by atoms with Crippen LogP contribution >= 0.6 is 0 Å². The van der Waals surface area contributed by atoms with Crippen molar-refractivity contribution in [3.8, 4) is 17.1 Å². The minimum Gasteiger partial charge on any atom is -0.497 e. The first-order valence-corrected chi connectivity index (χ1v) is 6.92. The van der Waals surface area contributed by atoms with E-state index < -0.39 is 0 Å². The van der Waals surface area contributed by atoms with Crippen LogP contribution in [0.5, 0.6) is 5.75 Å². The van der Waals surface area contributed by atoms with Crippen LogP contribution in [0.15, 0.2) is 48.5 Å². The number of methoxy groups -OCH3 is 2. The van der Waals surface area contributed by atoms with Gasteiger partial charge in [-0.05, 0) is 12.1 Å². The van der Waals surface area contributed by atoms with Crippen LogP contribution in [0.3, 0.4) is 0 Å². The van der Waals surface area contributed by atoms with Gasteiger partial charge in [0.15, 0.2) is 0 Å². The zero-order valence-corrected chi connectivity index (χ0v) is 12.2. The molecule has 3 aromatic rings. The first kappa shape index (κ1) is 13.6. The van der Waals surface area contributed by atoms with Crippen molar-refractivity contribution in [2.45, 2.75) is 6.54 Å². The molecule has 21 heavy (non-hydrogen) atoms. The second kappa shape index (κ2) is 5.97. The maximum atomic E-state index is 5.28. The third-order valence-electron chi connectivity index (χ3n) is 3.51. The van der Waals surface area contributed by atoms with E-state index >= 15 is 0 Å². The predicted molar refractivity (Wildman–Crippen MR) is 83.6 cm³/mol. The van der Waals surface area contributed by atoms with Gasteiger partial charge in [0, 0.05) is 25.3 Å². The van der Waals surface area contributed by atoms with Crippen LogP contribution < -0.4 is 4.74 Å². The number of rotatable bonds is 5. The fourth-order valence-corrected chi connectivity index (χ4v) is 2.45. The van der Waals surface area contributed by atoms with Crippen molar-refractivity contribution >= 4 is 11.0 Å². The standard InChI is InChI=1S/C17H18N2O2/c1-20-11-10-19-16-9-8-14(21-2)12-15(16)18-17(19)13-6-4-3-5-7-13/h3-9,12H,10-11H2,1-2H3. The molecule has 0 saturated heterocycles. The van der Waals surface area contributed by atoms with Gasteiger partial charge in [-0.2, -0.15) is 0 Å². The van der Waals surface area contributed by atoms with Gasteiger partial charge in [0.05, 0.1) is 24.8 Å². The van der Waals surface area contributed by atoms with Gasteiger partial charge in [-0.3, -0.25) is 0 Å². The SMILES string of the molecule is COCCn1c(-c2ccccc2)nc2cc(OC)ccc21. The van der Waals surface area contributed by atoms with Crippen LogP contribution in [-0.2, 0) is 11.3 Å². The molecule has 4 heteroatoms. The Morgan fingerprint density at radius 1 is 1.05 bits per heavy atom. The van der Waals surface area contributed by atoms with Gasteiger partial charge in [0.25, 0.3) is 0 Å². The fourth-order valence-electron chi connectivity index (χ4n) is 2.45. The van der Waals surface area contributed by atoms with Crippen LogP contribution in [0.2, 0.25) is 0 Å². The van der Waals surface area contributed by atoms with E-state index in [9.17, 15) is 0 Å². The second-order valence-corrected chi connectivity index (χ2v) is 4.80. The molecule has 0 atom stereocenters. The second-order valence-electron chi connectivity index (χ2n) is 4.80. The smallest absolute Gasteiger partial charge is 0.141 e. The molecule has 0 aliphatic heterocycles. The molecular weight excluding hydrogens is 264 g/mol. The molecule has 2 aromatic carbocycles. The van der Waals surface area contributed by atoms with Gasteiger partial charge < -0.3 is 14.0 Å². The summed E-state index contributed by atoms with van der Waals surface area (Å²) in [5.74, 6) is 1.77. The highest BCUT2D eigenvalue weighted by Gasteiger charge is 2.12. The molecule has 1 heterocycles. The van der Waals surface area contributed by atoms with Gasteiger partial charge in [-0.15, -0.1) is 0 Å². The van der Waals surface area contributed by atoms with Crippen LogP contribution in [0.25, 0.3) is 22.4 Å². The molecule has 0 aliphatic rings. The molecule has 0 bridgehead atoms. The Morgan fingerprint density at radius 3 is 2.57 bits per heavy atom. The third-order valence-corrected chi connectivity index (χ3v) is 3.51. The van der Waals surface area contributed by atoms with Crippen molar-refractivity contribution in [2.75, 3.05) is 20.8 Å². The van der Waals surface area contributed by atoms with Crippen molar-refractivity contribution in [3.63, 3.8) is 0 Å². The number of nitrogens with zero attached hydrogens (tertiary/aromatic N) is 2. The minimum atomic E-state index is 0.650. The summed E-state index contributed by atoms with van der Waals surface area (Å²) in [6, 6.07) is 16.2. The molecule has 0 fully saturated rings. The average Bonchev–Trinajstić information content (AvgIpc) is 2.91. The van der Waals surface area contributed by atoms with Crippen LogP contribution in [-0.4, -0.2) is 30.4 Å². The highest BCUT2D eigenvalue weighted by molar-refractivity contribution is 5.82.